The minimum Gasteiger partial charge on any atom is -0.464 e. The third-order valence-corrected chi connectivity index (χ3v) is 3.22. The fourth-order valence-electron chi connectivity index (χ4n) is 2.04. The number of esters is 1. The molecule has 22 heavy (non-hydrogen) atoms. The van der Waals surface area contributed by atoms with Crippen LogP contribution in [0.5, 0.6) is 0 Å². The Morgan fingerprint density at radius 1 is 1.41 bits per heavy atom. The van der Waals surface area contributed by atoms with Gasteiger partial charge in [-0.25, -0.2) is 0 Å². The van der Waals surface area contributed by atoms with Crippen LogP contribution in [0.4, 0.5) is 0 Å². The van der Waals surface area contributed by atoms with Gasteiger partial charge in [0.05, 0.1) is 19.2 Å². The number of carbonyl (C=O) groups excluding carboxylic acids is 2. The van der Waals surface area contributed by atoms with Crippen LogP contribution in [0.25, 0.3) is 11.0 Å². The van der Waals surface area contributed by atoms with E-state index in [1.54, 1.807) is 6.26 Å². The quantitative estimate of drug-likeness (QED) is 0.652. The Kier molecular flexibility index (Phi) is 5.21. The van der Waals surface area contributed by atoms with Gasteiger partial charge in [-0.3, -0.25) is 9.59 Å². The van der Waals surface area contributed by atoms with E-state index in [9.17, 15) is 9.59 Å². The second-order valence-corrected chi connectivity index (χ2v) is 4.76. The van der Waals surface area contributed by atoms with E-state index < -0.39 is 11.9 Å². The van der Waals surface area contributed by atoms with Gasteiger partial charge >= 0.3 is 5.97 Å². The monoisotopic (exact) mass is 299 g/mol. The lowest BCUT2D eigenvalue weighted by Gasteiger charge is -2.04. The van der Waals surface area contributed by atoms with Crippen molar-refractivity contribution in [3.05, 3.63) is 35.6 Å². The number of aryl methyl sites for hydroxylation is 1. The van der Waals surface area contributed by atoms with Crippen LogP contribution in [0.1, 0.15) is 18.1 Å². The van der Waals surface area contributed by atoms with E-state index in [1.807, 2.05) is 18.2 Å². The summed E-state index contributed by atoms with van der Waals surface area (Å²) in [5.74, 6) is 1.36. The summed E-state index contributed by atoms with van der Waals surface area (Å²) < 4.78 is 10.4. The van der Waals surface area contributed by atoms with Crippen LogP contribution >= 0.6 is 0 Å². The van der Waals surface area contributed by atoms with E-state index in [-0.39, 0.29) is 19.6 Å². The van der Waals surface area contributed by atoms with Crippen molar-refractivity contribution in [3.8, 4) is 12.3 Å². The van der Waals surface area contributed by atoms with Crippen LogP contribution in [-0.2, 0) is 27.2 Å². The van der Waals surface area contributed by atoms with Gasteiger partial charge in [-0.2, -0.15) is 0 Å². The maximum atomic E-state index is 11.8. The average Bonchev–Trinajstić information content (AvgIpc) is 2.92. The molecule has 5 heteroatoms. The largest absolute Gasteiger partial charge is 0.464 e. The number of rotatable bonds is 6. The van der Waals surface area contributed by atoms with E-state index in [2.05, 4.69) is 18.2 Å². The van der Waals surface area contributed by atoms with Gasteiger partial charge in [0.2, 0.25) is 0 Å². The van der Waals surface area contributed by atoms with Crippen molar-refractivity contribution in [2.75, 3.05) is 13.2 Å². The van der Waals surface area contributed by atoms with Crippen LogP contribution in [0.3, 0.4) is 0 Å². The standard InChI is InChI=1S/C17H17NO4/c1-3-7-18-16(19)11-22-17(20)9-13-10-21-15-8-12(4-2)5-6-14(13)15/h1,5-6,8,10H,4,7,9,11H2,2H3,(H,18,19). The molecule has 1 aromatic heterocycles. The number of furan rings is 1. The lowest BCUT2D eigenvalue weighted by Crippen LogP contribution is -2.29. The molecule has 114 valence electrons. The van der Waals surface area contributed by atoms with Crippen LogP contribution in [0.15, 0.2) is 28.9 Å². The van der Waals surface area contributed by atoms with Gasteiger partial charge in [0.1, 0.15) is 5.58 Å². The van der Waals surface area contributed by atoms with Gasteiger partial charge in [0.25, 0.3) is 5.91 Å². The molecular weight excluding hydrogens is 282 g/mol. The third kappa shape index (κ3) is 3.89. The van der Waals surface area contributed by atoms with Crippen molar-refractivity contribution in [1.82, 2.24) is 5.32 Å². The first-order valence-corrected chi connectivity index (χ1v) is 6.98. The molecule has 0 bridgehead atoms. The summed E-state index contributed by atoms with van der Waals surface area (Å²) in [5.41, 5.74) is 2.65. The number of fused-ring (bicyclic) bond motifs is 1. The molecule has 1 aromatic carbocycles. The molecule has 0 fully saturated rings. The zero-order valence-corrected chi connectivity index (χ0v) is 12.3. The summed E-state index contributed by atoms with van der Waals surface area (Å²) in [6.07, 6.45) is 7.53. The molecule has 1 heterocycles. The van der Waals surface area contributed by atoms with E-state index in [4.69, 9.17) is 15.6 Å². The van der Waals surface area contributed by atoms with Crippen LogP contribution in [0.2, 0.25) is 0 Å². The fourth-order valence-corrected chi connectivity index (χ4v) is 2.04. The highest BCUT2D eigenvalue weighted by Gasteiger charge is 2.13. The van der Waals surface area contributed by atoms with Crippen LogP contribution in [0, 0.1) is 12.3 Å². The highest BCUT2D eigenvalue weighted by molar-refractivity contribution is 5.87. The first kappa shape index (κ1) is 15.6. The highest BCUT2D eigenvalue weighted by Crippen LogP contribution is 2.23. The minimum atomic E-state index is -0.488. The molecule has 0 spiro atoms. The molecule has 2 aromatic rings. The molecule has 0 saturated carbocycles. The number of hydrogen-bond acceptors (Lipinski definition) is 4. The molecule has 1 amide bonds. The summed E-state index contributed by atoms with van der Waals surface area (Å²) in [6, 6.07) is 5.89. The summed E-state index contributed by atoms with van der Waals surface area (Å²) in [7, 11) is 0. The molecule has 0 aliphatic rings. The number of nitrogens with one attached hydrogen (secondary N) is 1. The summed E-state index contributed by atoms with van der Waals surface area (Å²) >= 11 is 0. The number of ether oxygens (including phenoxy) is 1. The average molecular weight is 299 g/mol. The third-order valence-electron chi connectivity index (χ3n) is 3.22. The van der Waals surface area contributed by atoms with Gasteiger partial charge < -0.3 is 14.5 Å². The van der Waals surface area contributed by atoms with Gasteiger partial charge in [0.15, 0.2) is 6.61 Å². The second kappa shape index (κ2) is 7.32. The smallest absolute Gasteiger partial charge is 0.310 e. The predicted octanol–water partition coefficient (Wildman–Crippen LogP) is 1.83. The zero-order valence-electron chi connectivity index (χ0n) is 12.3. The van der Waals surface area contributed by atoms with E-state index in [1.165, 1.54) is 5.56 Å². The Bertz CT molecular complexity index is 724. The number of terminal acetylenes is 1. The molecule has 5 nitrogen and oxygen atoms in total. The van der Waals surface area contributed by atoms with Gasteiger partial charge in [-0.15, -0.1) is 6.42 Å². The SMILES string of the molecule is C#CCNC(=O)COC(=O)Cc1coc2cc(CC)ccc12. The lowest BCUT2D eigenvalue weighted by molar-refractivity contribution is -0.147. The van der Waals surface area contributed by atoms with Crippen molar-refractivity contribution in [2.45, 2.75) is 19.8 Å². The first-order chi connectivity index (χ1) is 10.6. The Balaban J connectivity index is 1.95. The van der Waals surface area contributed by atoms with Gasteiger partial charge in [-0.05, 0) is 18.1 Å². The zero-order chi connectivity index (χ0) is 15.9. The molecule has 2 rings (SSSR count). The van der Waals surface area contributed by atoms with Crippen molar-refractivity contribution in [2.24, 2.45) is 0 Å². The summed E-state index contributed by atoms with van der Waals surface area (Å²) in [4.78, 5) is 23.1. The fraction of sp³-hybridized carbons (Fsp3) is 0.294. The Morgan fingerprint density at radius 2 is 2.23 bits per heavy atom. The normalized spacial score (nSPS) is 10.2. The maximum absolute atomic E-state index is 11.8. The molecular formula is C17H17NO4. The van der Waals surface area contributed by atoms with Crippen molar-refractivity contribution in [1.29, 1.82) is 0 Å². The topological polar surface area (TPSA) is 68.5 Å². The van der Waals surface area contributed by atoms with Crippen molar-refractivity contribution in [3.63, 3.8) is 0 Å². The molecule has 0 aliphatic heterocycles. The Morgan fingerprint density at radius 3 is 2.95 bits per heavy atom. The second-order valence-electron chi connectivity index (χ2n) is 4.76. The Labute approximate surface area is 128 Å². The van der Waals surface area contributed by atoms with Gasteiger partial charge in [-0.1, -0.05) is 25.0 Å². The predicted molar refractivity (Wildman–Crippen MR) is 82.1 cm³/mol. The van der Waals surface area contributed by atoms with Crippen LogP contribution in [-0.4, -0.2) is 25.0 Å². The lowest BCUT2D eigenvalue weighted by atomic mass is 10.1. The number of hydrogen-bond donors (Lipinski definition) is 1. The molecule has 0 radical (unpaired) electrons. The van der Waals surface area contributed by atoms with Gasteiger partial charge in [0, 0.05) is 10.9 Å². The summed E-state index contributed by atoms with van der Waals surface area (Å²) in [6.45, 7) is 1.84. The van der Waals surface area contributed by atoms with E-state index in [0.717, 1.165) is 23.0 Å². The van der Waals surface area contributed by atoms with Crippen molar-refractivity contribution < 1.29 is 18.7 Å². The molecule has 0 unspecified atom stereocenters. The Hall–Kier alpha value is -2.74. The first-order valence-electron chi connectivity index (χ1n) is 6.98. The van der Waals surface area contributed by atoms with Crippen LogP contribution < -0.4 is 5.32 Å². The minimum absolute atomic E-state index is 0.0564. The van der Waals surface area contributed by atoms with E-state index in [0.29, 0.717) is 0 Å². The molecule has 0 saturated heterocycles. The number of amides is 1. The van der Waals surface area contributed by atoms with Crippen molar-refractivity contribution >= 4 is 22.8 Å². The highest BCUT2D eigenvalue weighted by atomic mass is 16.5. The molecule has 0 atom stereocenters. The summed E-state index contributed by atoms with van der Waals surface area (Å²) in [5, 5.41) is 3.30. The molecule has 1 N–H and O–H groups in total. The number of benzene rings is 1. The van der Waals surface area contributed by atoms with E-state index >= 15 is 0 Å². The number of carbonyl (C=O) groups is 2. The maximum Gasteiger partial charge on any atom is 0.310 e. The molecule has 0 aliphatic carbocycles.